The van der Waals surface area contributed by atoms with E-state index in [1.54, 1.807) is 13.0 Å². The molecule has 5 nitrogen and oxygen atoms in total. The van der Waals surface area contributed by atoms with Gasteiger partial charge in [-0.2, -0.15) is 13.2 Å². The second kappa shape index (κ2) is 11.2. The summed E-state index contributed by atoms with van der Waals surface area (Å²) in [6.07, 6.45) is -4.89. The van der Waals surface area contributed by atoms with Gasteiger partial charge in [0.25, 0.3) is 0 Å². The highest BCUT2D eigenvalue weighted by Crippen LogP contribution is 2.38. The third-order valence-electron chi connectivity index (χ3n) is 6.45. The number of fused-ring (bicyclic) bond motifs is 1. The maximum Gasteiger partial charge on any atom is 0.416 e. The molecule has 0 bridgehead atoms. The summed E-state index contributed by atoms with van der Waals surface area (Å²) in [4.78, 5) is 17.0. The Kier molecular flexibility index (Phi) is 7.67. The number of benzene rings is 4. The van der Waals surface area contributed by atoms with Gasteiger partial charge in [-0.1, -0.05) is 48.5 Å². The first-order valence-electron chi connectivity index (χ1n) is 12.3. The fraction of sp³-hybridized carbons (Fsp3) is 0.161. The molecule has 5 aromatic rings. The van der Waals surface area contributed by atoms with E-state index in [2.05, 4.69) is 20.9 Å². The van der Waals surface area contributed by atoms with Crippen LogP contribution in [0.15, 0.2) is 93.8 Å². The molecule has 0 radical (unpaired) electrons. The lowest BCUT2D eigenvalue weighted by atomic mass is 10.0. The molecule has 1 heterocycles. The molecule has 1 atom stereocenters. The normalized spacial score (nSPS) is 12.3. The first-order valence-corrected chi connectivity index (χ1v) is 13.1. The number of esters is 1. The van der Waals surface area contributed by atoms with Gasteiger partial charge in [0.2, 0.25) is 5.89 Å². The molecule has 1 unspecified atom stereocenters. The van der Waals surface area contributed by atoms with Crippen LogP contribution < -0.4 is 4.74 Å². The van der Waals surface area contributed by atoms with Crippen LogP contribution in [-0.4, -0.2) is 24.2 Å². The number of hydrogen-bond acceptors (Lipinski definition) is 5. The van der Waals surface area contributed by atoms with Crippen LogP contribution in [0.25, 0.3) is 33.5 Å². The zero-order valence-electron chi connectivity index (χ0n) is 21.5. The quantitative estimate of drug-likeness (QED) is 0.173. The minimum atomic E-state index is -4.41. The number of aryl methyl sites for hydroxylation is 1. The minimum Gasteiger partial charge on any atom is -0.477 e. The van der Waals surface area contributed by atoms with Gasteiger partial charge in [-0.3, -0.25) is 0 Å². The Bertz CT molecular complexity index is 1660. The molecule has 204 valence electrons. The number of alkyl halides is 3. The van der Waals surface area contributed by atoms with Gasteiger partial charge in [0.15, 0.2) is 6.10 Å². The van der Waals surface area contributed by atoms with Gasteiger partial charge in [0.05, 0.1) is 17.1 Å². The number of halogens is 4. The molecule has 0 aliphatic carbocycles. The molecule has 0 fully saturated rings. The summed E-state index contributed by atoms with van der Waals surface area (Å²) in [7, 11) is 1.33. The molecule has 0 N–H and O–H groups in total. The van der Waals surface area contributed by atoms with E-state index in [9.17, 15) is 18.0 Å². The van der Waals surface area contributed by atoms with E-state index in [0.717, 1.165) is 34.0 Å². The Morgan fingerprint density at radius 1 is 0.975 bits per heavy atom. The second-order valence-corrected chi connectivity index (χ2v) is 9.92. The van der Waals surface area contributed by atoms with E-state index in [4.69, 9.17) is 13.9 Å². The van der Waals surface area contributed by atoms with Gasteiger partial charge < -0.3 is 13.9 Å². The summed E-state index contributed by atoms with van der Waals surface area (Å²) in [5, 5.41) is 1.74. The minimum absolute atomic E-state index is 0.235. The highest BCUT2D eigenvalue weighted by atomic mass is 79.9. The lowest BCUT2D eigenvalue weighted by Crippen LogP contribution is -2.31. The van der Waals surface area contributed by atoms with Gasteiger partial charge in [0, 0.05) is 17.5 Å². The Morgan fingerprint density at radius 3 is 2.35 bits per heavy atom. The van der Waals surface area contributed by atoms with Crippen LogP contribution in [-0.2, 0) is 22.1 Å². The van der Waals surface area contributed by atoms with Crippen LogP contribution in [0.2, 0.25) is 0 Å². The van der Waals surface area contributed by atoms with E-state index in [0.29, 0.717) is 33.7 Å². The van der Waals surface area contributed by atoms with Crippen molar-refractivity contribution in [1.29, 1.82) is 0 Å². The Hall–Kier alpha value is -4.11. The summed E-state index contributed by atoms with van der Waals surface area (Å²) in [6, 6.07) is 23.6. The van der Waals surface area contributed by atoms with Crippen LogP contribution in [0.1, 0.15) is 16.9 Å². The van der Waals surface area contributed by atoms with Crippen LogP contribution in [0.4, 0.5) is 13.2 Å². The average molecular weight is 610 g/mol. The molecular weight excluding hydrogens is 587 g/mol. The summed E-state index contributed by atoms with van der Waals surface area (Å²) < 4.78 is 56.3. The van der Waals surface area contributed by atoms with Gasteiger partial charge in [-0.15, -0.1) is 0 Å². The van der Waals surface area contributed by atoms with Crippen LogP contribution in [0, 0.1) is 6.92 Å². The number of carbonyl (C=O) groups is 1. The maximum atomic E-state index is 12.9. The monoisotopic (exact) mass is 609 g/mol. The van der Waals surface area contributed by atoms with Gasteiger partial charge >= 0.3 is 12.1 Å². The zero-order chi connectivity index (χ0) is 28.4. The van der Waals surface area contributed by atoms with Crippen molar-refractivity contribution in [3.05, 3.63) is 106 Å². The third-order valence-corrected chi connectivity index (χ3v) is 7.26. The fourth-order valence-electron chi connectivity index (χ4n) is 4.39. The summed E-state index contributed by atoms with van der Waals surface area (Å²) >= 11 is 3.63. The average Bonchev–Trinajstić information content (AvgIpc) is 3.35. The second-order valence-electron chi connectivity index (χ2n) is 9.13. The Labute approximate surface area is 236 Å². The van der Waals surface area contributed by atoms with Crippen molar-refractivity contribution < 1.29 is 31.9 Å². The predicted octanol–water partition coefficient (Wildman–Crippen LogP) is 8.41. The SMILES string of the molecule is COC(=O)C(Cc1ccccc1)Oc1ccc2cc(-c3nc(-c4ccc(C(F)(F)F)cc4)oc3C)ccc2c1Br. The molecule has 0 amide bonds. The van der Waals surface area contributed by atoms with Crippen molar-refractivity contribution in [3.8, 4) is 28.5 Å². The third kappa shape index (κ3) is 5.74. The van der Waals surface area contributed by atoms with Crippen molar-refractivity contribution in [2.45, 2.75) is 25.6 Å². The molecule has 40 heavy (non-hydrogen) atoms. The van der Waals surface area contributed by atoms with Crippen molar-refractivity contribution >= 4 is 32.7 Å². The number of nitrogens with zero attached hydrogens (tertiary/aromatic N) is 1. The van der Waals surface area contributed by atoms with Crippen molar-refractivity contribution in [3.63, 3.8) is 0 Å². The smallest absolute Gasteiger partial charge is 0.416 e. The number of hydrogen-bond donors (Lipinski definition) is 0. The van der Waals surface area contributed by atoms with Gasteiger partial charge in [-0.05, 0) is 75.6 Å². The summed E-state index contributed by atoms with van der Waals surface area (Å²) in [5.41, 5.74) is 2.02. The fourth-order valence-corrected chi connectivity index (χ4v) is 4.97. The number of aromatic nitrogens is 1. The maximum absolute atomic E-state index is 12.9. The van der Waals surface area contributed by atoms with Crippen molar-refractivity contribution in [2.24, 2.45) is 0 Å². The van der Waals surface area contributed by atoms with E-state index >= 15 is 0 Å². The predicted molar refractivity (Wildman–Crippen MR) is 149 cm³/mol. The molecule has 0 aliphatic rings. The number of carbonyl (C=O) groups excluding carboxylic acids is 1. The van der Waals surface area contributed by atoms with Crippen LogP contribution >= 0.6 is 15.9 Å². The molecule has 0 saturated carbocycles. The molecule has 0 saturated heterocycles. The lowest BCUT2D eigenvalue weighted by Gasteiger charge is -2.19. The molecule has 9 heteroatoms. The first-order chi connectivity index (χ1) is 19.1. The zero-order valence-corrected chi connectivity index (χ0v) is 23.0. The number of ether oxygens (including phenoxy) is 2. The molecular formula is C31H23BrF3NO4. The Balaban J connectivity index is 1.42. The highest BCUT2D eigenvalue weighted by Gasteiger charge is 2.30. The first kappa shape index (κ1) is 27.5. The van der Waals surface area contributed by atoms with Crippen LogP contribution in [0.3, 0.4) is 0 Å². The molecule has 5 rings (SSSR count). The van der Waals surface area contributed by atoms with E-state index < -0.39 is 23.8 Å². The van der Waals surface area contributed by atoms with E-state index in [1.165, 1.54) is 19.2 Å². The number of methoxy groups -OCH3 is 1. The van der Waals surface area contributed by atoms with Crippen molar-refractivity contribution in [1.82, 2.24) is 4.98 Å². The number of oxazole rings is 1. The van der Waals surface area contributed by atoms with Crippen LogP contribution in [0.5, 0.6) is 5.75 Å². The van der Waals surface area contributed by atoms with Gasteiger partial charge in [-0.25, -0.2) is 9.78 Å². The topological polar surface area (TPSA) is 61.6 Å². The highest BCUT2D eigenvalue weighted by molar-refractivity contribution is 9.10. The Morgan fingerprint density at radius 2 is 1.68 bits per heavy atom. The van der Waals surface area contributed by atoms with Gasteiger partial charge in [0.1, 0.15) is 17.2 Å². The lowest BCUT2D eigenvalue weighted by molar-refractivity contribution is -0.148. The molecule has 1 aromatic heterocycles. The summed E-state index contributed by atoms with van der Waals surface area (Å²) in [5.74, 6) is 0.791. The number of rotatable bonds is 7. The molecule has 0 spiro atoms. The molecule has 0 aliphatic heterocycles. The van der Waals surface area contributed by atoms with E-state index in [-0.39, 0.29) is 5.89 Å². The van der Waals surface area contributed by atoms with Crippen molar-refractivity contribution in [2.75, 3.05) is 7.11 Å². The largest absolute Gasteiger partial charge is 0.477 e. The molecule has 4 aromatic carbocycles. The van der Waals surface area contributed by atoms with E-state index in [1.807, 2.05) is 54.6 Å². The standard InChI is InChI=1S/C31H23BrF3NO4/c1-18-28(36-29(39-18)20-8-12-23(13-9-20)31(33,34)35)22-10-14-24-21(17-22)11-15-25(27(24)32)40-26(30(37)38-2)16-19-6-4-3-5-7-19/h3-15,17,26H,16H2,1-2H3. The summed E-state index contributed by atoms with van der Waals surface area (Å²) in [6.45, 7) is 1.76.